The zero-order chi connectivity index (χ0) is 18.8. The highest BCUT2D eigenvalue weighted by atomic mass is 15.4. The smallest absolute Gasteiger partial charge is 0.154 e. The molecule has 0 unspecified atom stereocenters. The normalized spacial score (nSPS) is 15.4. The van der Waals surface area contributed by atoms with Gasteiger partial charge in [0.05, 0.1) is 11.4 Å². The number of hydrogen-bond donors (Lipinski definition) is 0. The molecule has 0 aromatic carbocycles. The molecule has 1 aliphatic rings. The minimum atomic E-state index is 0.413. The number of rotatable bonds is 5. The predicted molar refractivity (Wildman–Crippen MR) is 101 cm³/mol. The Bertz CT molecular complexity index is 892. The lowest BCUT2D eigenvalue weighted by Gasteiger charge is -2.33. The summed E-state index contributed by atoms with van der Waals surface area (Å²) in [7, 11) is 0. The molecule has 4 rings (SSSR count). The highest BCUT2D eigenvalue weighted by molar-refractivity contribution is 5.43. The van der Waals surface area contributed by atoms with E-state index in [2.05, 4.69) is 46.6 Å². The van der Waals surface area contributed by atoms with Crippen LogP contribution in [0.5, 0.6) is 0 Å². The third-order valence-electron chi connectivity index (χ3n) is 5.15. The molecule has 0 amide bonds. The van der Waals surface area contributed by atoms with Crippen molar-refractivity contribution in [2.75, 3.05) is 18.0 Å². The molecule has 0 bridgehead atoms. The Kier molecular flexibility index (Phi) is 4.83. The largest absolute Gasteiger partial charge is 0.355 e. The molecule has 0 aliphatic carbocycles. The quantitative estimate of drug-likeness (QED) is 0.678. The van der Waals surface area contributed by atoms with E-state index in [1.54, 1.807) is 17.3 Å². The molecule has 9 heteroatoms. The van der Waals surface area contributed by atoms with E-state index in [0.29, 0.717) is 12.5 Å². The van der Waals surface area contributed by atoms with Gasteiger partial charge in [0.15, 0.2) is 5.82 Å². The standard InChI is InChI=1S/C18H25N9/c1-4-27-16(10-26-12-19-11-21-26)23-24-18(27)15-5-7-25(8-6-15)17-14(3)20-9-13(2)22-17/h9,11-12,15H,4-8,10H2,1-3H3. The zero-order valence-electron chi connectivity index (χ0n) is 16.1. The summed E-state index contributed by atoms with van der Waals surface area (Å²) in [4.78, 5) is 15.5. The van der Waals surface area contributed by atoms with Gasteiger partial charge in [0.25, 0.3) is 0 Å². The molecule has 142 valence electrons. The summed E-state index contributed by atoms with van der Waals surface area (Å²) < 4.78 is 4.00. The van der Waals surface area contributed by atoms with Crippen LogP contribution in [-0.2, 0) is 13.1 Å². The molecule has 0 radical (unpaired) electrons. The van der Waals surface area contributed by atoms with Crippen molar-refractivity contribution in [3.63, 3.8) is 0 Å². The van der Waals surface area contributed by atoms with Gasteiger partial charge in [-0.3, -0.25) is 4.98 Å². The number of hydrogen-bond acceptors (Lipinski definition) is 7. The first-order valence-electron chi connectivity index (χ1n) is 9.45. The highest BCUT2D eigenvalue weighted by Crippen LogP contribution is 2.30. The van der Waals surface area contributed by atoms with Crippen LogP contribution < -0.4 is 4.90 Å². The molecular formula is C18H25N9. The first kappa shape index (κ1) is 17.6. The van der Waals surface area contributed by atoms with Gasteiger partial charge < -0.3 is 9.47 Å². The monoisotopic (exact) mass is 367 g/mol. The molecule has 27 heavy (non-hydrogen) atoms. The summed E-state index contributed by atoms with van der Waals surface area (Å²) in [5.74, 6) is 3.44. The minimum absolute atomic E-state index is 0.413. The zero-order valence-corrected chi connectivity index (χ0v) is 16.1. The van der Waals surface area contributed by atoms with Crippen LogP contribution in [0.4, 0.5) is 5.82 Å². The van der Waals surface area contributed by atoms with Crippen LogP contribution in [0.3, 0.4) is 0 Å². The lowest BCUT2D eigenvalue weighted by molar-refractivity contribution is 0.460. The van der Waals surface area contributed by atoms with E-state index in [9.17, 15) is 0 Å². The lowest BCUT2D eigenvalue weighted by Crippen LogP contribution is -2.35. The van der Waals surface area contributed by atoms with Crippen LogP contribution in [0, 0.1) is 13.8 Å². The number of aryl methyl sites for hydroxylation is 2. The number of aromatic nitrogens is 8. The summed E-state index contributed by atoms with van der Waals surface area (Å²) >= 11 is 0. The van der Waals surface area contributed by atoms with Gasteiger partial charge in [-0.1, -0.05) is 0 Å². The summed E-state index contributed by atoms with van der Waals surface area (Å²) in [5.41, 5.74) is 1.95. The van der Waals surface area contributed by atoms with Crippen molar-refractivity contribution in [2.45, 2.75) is 52.6 Å². The molecule has 1 fully saturated rings. The summed E-state index contributed by atoms with van der Waals surface area (Å²) in [6.07, 6.45) is 7.15. The maximum Gasteiger partial charge on any atom is 0.154 e. The fourth-order valence-electron chi connectivity index (χ4n) is 3.75. The second-order valence-corrected chi connectivity index (χ2v) is 6.99. The Labute approximate surface area is 158 Å². The topological polar surface area (TPSA) is 90.4 Å². The fourth-order valence-corrected chi connectivity index (χ4v) is 3.75. The van der Waals surface area contributed by atoms with Gasteiger partial charge in [0.1, 0.15) is 30.8 Å². The molecule has 4 heterocycles. The van der Waals surface area contributed by atoms with Crippen molar-refractivity contribution >= 4 is 5.82 Å². The van der Waals surface area contributed by atoms with Crippen molar-refractivity contribution < 1.29 is 0 Å². The van der Waals surface area contributed by atoms with Gasteiger partial charge in [0, 0.05) is 31.7 Å². The second-order valence-electron chi connectivity index (χ2n) is 6.99. The molecule has 3 aromatic heterocycles. The van der Waals surface area contributed by atoms with E-state index < -0.39 is 0 Å². The SMILES string of the molecule is CCn1c(Cn2cncn2)nnc1C1CCN(c2nc(C)cnc2C)CC1. The summed E-state index contributed by atoms with van der Waals surface area (Å²) in [6, 6.07) is 0. The Morgan fingerprint density at radius 2 is 1.96 bits per heavy atom. The van der Waals surface area contributed by atoms with E-state index in [4.69, 9.17) is 0 Å². The van der Waals surface area contributed by atoms with Crippen LogP contribution in [0.1, 0.15) is 48.7 Å². The maximum absolute atomic E-state index is 4.69. The lowest BCUT2D eigenvalue weighted by atomic mass is 9.95. The number of anilines is 1. The molecular weight excluding hydrogens is 342 g/mol. The van der Waals surface area contributed by atoms with Gasteiger partial charge in [-0.15, -0.1) is 10.2 Å². The second kappa shape index (κ2) is 7.42. The highest BCUT2D eigenvalue weighted by Gasteiger charge is 2.27. The van der Waals surface area contributed by atoms with Crippen LogP contribution in [0.2, 0.25) is 0 Å². The van der Waals surface area contributed by atoms with Crippen molar-refractivity contribution in [3.8, 4) is 0 Å². The molecule has 9 nitrogen and oxygen atoms in total. The molecule has 0 saturated carbocycles. The number of piperidine rings is 1. The van der Waals surface area contributed by atoms with Crippen molar-refractivity contribution in [1.82, 2.24) is 39.5 Å². The van der Waals surface area contributed by atoms with Crippen molar-refractivity contribution in [1.29, 1.82) is 0 Å². The van der Waals surface area contributed by atoms with Crippen LogP contribution in [-0.4, -0.2) is 52.6 Å². The molecule has 1 aliphatic heterocycles. The Morgan fingerprint density at radius 1 is 1.15 bits per heavy atom. The average Bonchev–Trinajstić information content (AvgIpc) is 3.34. The van der Waals surface area contributed by atoms with Gasteiger partial charge in [-0.05, 0) is 33.6 Å². The molecule has 0 atom stereocenters. The average molecular weight is 367 g/mol. The van der Waals surface area contributed by atoms with E-state index >= 15 is 0 Å². The third-order valence-corrected chi connectivity index (χ3v) is 5.15. The van der Waals surface area contributed by atoms with Gasteiger partial charge in [0.2, 0.25) is 0 Å². The third kappa shape index (κ3) is 3.54. The first-order chi connectivity index (χ1) is 13.2. The molecule has 1 saturated heterocycles. The minimum Gasteiger partial charge on any atom is -0.355 e. The van der Waals surface area contributed by atoms with Crippen LogP contribution in [0.15, 0.2) is 18.9 Å². The van der Waals surface area contributed by atoms with Crippen LogP contribution in [0.25, 0.3) is 0 Å². The molecule has 0 spiro atoms. The van der Waals surface area contributed by atoms with Crippen molar-refractivity contribution in [3.05, 3.63) is 41.9 Å². The van der Waals surface area contributed by atoms with Crippen LogP contribution >= 0.6 is 0 Å². The predicted octanol–water partition coefficient (Wildman–Crippen LogP) is 1.73. The number of nitrogens with zero attached hydrogens (tertiary/aromatic N) is 9. The van der Waals surface area contributed by atoms with E-state index in [-0.39, 0.29) is 0 Å². The Hall–Kier alpha value is -2.84. The van der Waals surface area contributed by atoms with E-state index in [1.807, 2.05) is 20.0 Å². The Morgan fingerprint density at radius 3 is 2.67 bits per heavy atom. The fraction of sp³-hybridized carbons (Fsp3) is 0.556. The summed E-state index contributed by atoms with van der Waals surface area (Å²) in [5, 5.41) is 13.1. The molecule has 0 N–H and O–H groups in total. The van der Waals surface area contributed by atoms with Gasteiger partial charge in [-0.2, -0.15) is 5.10 Å². The molecule has 3 aromatic rings. The van der Waals surface area contributed by atoms with Gasteiger partial charge in [-0.25, -0.2) is 14.6 Å². The van der Waals surface area contributed by atoms with E-state index in [1.165, 1.54) is 0 Å². The van der Waals surface area contributed by atoms with Gasteiger partial charge >= 0.3 is 0 Å². The Balaban J connectivity index is 1.48. The van der Waals surface area contributed by atoms with Crippen molar-refractivity contribution in [2.24, 2.45) is 0 Å². The summed E-state index contributed by atoms with van der Waals surface area (Å²) in [6.45, 7) is 9.52. The first-order valence-corrected chi connectivity index (χ1v) is 9.45. The maximum atomic E-state index is 4.69. The van der Waals surface area contributed by atoms with E-state index in [0.717, 1.165) is 61.3 Å².